The van der Waals surface area contributed by atoms with Gasteiger partial charge in [-0.15, -0.1) is 0 Å². The molecular weight excluding hydrogens is 310 g/mol. The van der Waals surface area contributed by atoms with Crippen LogP contribution in [0.5, 0.6) is 5.75 Å². The zero-order valence-electron chi connectivity index (χ0n) is 13.6. The highest BCUT2D eigenvalue weighted by molar-refractivity contribution is 6.30. The second kappa shape index (κ2) is 5.70. The minimum absolute atomic E-state index is 0.00641. The van der Waals surface area contributed by atoms with Crippen molar-refractivity contribution < 1.29 is 9.53 Å². The van der Waals surface area contributed by atoms with Crippen molar-refractivity contribution in [2.24, 2.45) is 17.8 Å². The molecule has 0 radical (unpaired) electrons. The molecule has 4 bridgehead atoms. The van der Waals surface area contributed by atoms with Crippen LogP contribution in [0.15, 0.2) is 24.3 Å². The van der Waals surface area contributed by atoms with Gasteiger partial charge in [-0.3, -0.25) is 4.79 Å². The summed E-state index contributed by atoms with van der Waals surface area (Å²) in [7, 11) is 0. The van der Waals surface area contributed by atoms with Crippen molar-refractivity contribution in [3.8, 4) is 5.75 Å². The average molecular weight is 334 g/mol. The molecule has 0 saturated heterocycles. The average Bonchev–Trinajstić information content (AvgIpc) is 2.45. The van der Waals surface area contributed by atoms with Gasteiger partial charge in [0.15, 0.2) is 6.10 Å². The smallest absolute Gasteiger partial charge is 0.261 e. The molecule has 4 aliphatic rings. The Kier molecular flexibility index (Phi) is 3.79. The zero-order valence-corrected chi connectivity index (χ0v) is 14.3. The third-order valence-corrected chi connectivity index (χ3v) is 6.14. The van der Waals surface area contributed by atoms with Gasteiger partial charge >= 0.3 is 0 Å². The van der Waals surface area contributed by atoms with Crippen molar-refractivity contribution in [1.29, 1.82) is 0 Å². The number of carbonyl (C=O) groups excluding carboxylic acids is 1. The van der Waals surface area contributed by atoms with E-state index in [2.05, 4.69) is 5.32 Å². The summed E-state index contributed by atoms with van der Waals surface area (Å²) in [5.41, 5.74) is 0.0395. The largest absolute Gasteiger partial charge is 0.481 e. The number of rotatable bonds is 4. The van der Waals surface area contributed by atoms with Gasteiger partial charge in [-0.05, 0) is 81.4 Å². The van der Waals surface area contributed by atoms with E-state index in [1.165, 1.54) is 19.3 Å². The Labute approximate surface area is 142 Å². The SMILES string of the molecule is C[C@H](Oc1cccc(Cl)c1)C(=O)NC12CC3CC(CC(C3)C1)C2. The van der Waals surface area contributed by atoms with Gasteiger partial charge in [0.25, 0.3) is 5.91 Å². The number of benzene rings is 1. The van der Waals surface area contributed by atoms with Gasteiger partial charge in [-0.25, -0.2) is 0 Å². The first kappa shape index (κ1) is 15.3. The molecule has 1 atom stereocenters. The number of nitrogens with one attached hydrogen (secondary N) is 1. The quantitative estimate of drug-likeness (QED) is 0.897. The number of amides is 1. The molecule has 4 aliphatic carbocycles. The Bertz CT molecular complexity index is 580. The van der Waals surface area contributed by atoms with E-state index in [1.54, 1.807) is 12.1 Å². The van der Waals surface area contributed by atoms with Crippen molar-refractivity contribution in [2.75, 3.05) is 0 Å². The molecule has 4 fully saturated rings. The first-order valence-corrected chi connectivity index (χ1v) is 9.13. The van der Waals surface area contributed by atoms with Gasteiger partial charge < -0.3 is 10.1 Å². The molecule has 0 unspecified atom stereocenters. The highest BCUT2D eigenvalue weighted by Gasteiger charge is 2.51. The Hall–Kier alpha value is -1.22. The lowest BCUT2D eigenvalue weighted by molar-refractivity contribution is -0.133. The Morgan fingerprint density at radius 1 is 1.22 bits per heavy atom. The molecule has 1 amide bonds. The standard InChI is InChI=1S/C19H24ClNO2/c1-12(23-17-4-2-3-16(20)8-17)18(22)21-19-9-13-5-14(10-19)7-15(6-13)11-19/h2-4,8,12-15H,5-7,9-11H2,1H3,(H,21,22)/t12-,13?,14?,15?,19?/m0/s1. The maximum absolute atomic E-state index is 12.6. The van der Waals surface area contributed by atoms with E-state index in [4.69, 9.17) is 16.3 Å². The number of ether oxygens (including phenoxy) is 1. The fourth-order valence-corrected chi connectivity index (χ4v) is 5.60. The van der Waals surface area contributed by atoms with Crippen molar-refractivity contribution in [1.82, 2.24) is 5.32 Å². The zero-order chi connectivity index (χ0) is 16.0. The molecule has 0 aromatic heterocycles. The lowest BCUT2D eigenvalue weighted by Gasteiger charge is -2.57. The van der Waals surface area contributed by atoms with Crippen LogP contribution in [0.3, 0.4) is 0 Å². The van der Waals surface area contributed by atoms with Gasteiger partial charge in [-0.1, -0.05) is 17.7 Å². The van der Waals surface area contributed by atoms with E-state index in [0.717, 1.165) is 37.0 Å². The molecule has 4 saturated carbocycles. The Balaban J connectivity index is 1.41. The number of halogens is 1. The monoisotopic (exact) mass is 333 g/mol. The summed E-state index contributed by atoms with van der Waals surface area (Å²) in [5.74, 6) is 3.12. The maximum atomic E-state index is 12.6. The van der Waals surface area contributed by atoms with Crippen molar-refractivity contribution in [3.63, 3.8) is 0 Å². The van der Waals surface area contributed by atoms with Gasteiger partial charge in [-0.2, -0.15) is 0 Å². The molecular formula is C19H24ClNO2. The maximum Gasteiger partial charge on any atom is 0.261 e. The van der Waals surface area contributed by atoms with Crippen LogP contribution in [-0.2, 0) is 4.79 Å². The molecule has 124 valence electrons. The molecule has 1 N–H and O–H groups in total. The van der Waals surface area contributed by atoms with Crippen LogP contribution in [0.25, 0.3) is 0 Å². The Morgan fingerprint density at radius 3 is 2.39 bits per heavy atom. The minimum atomic E-state index is -0.499. The van der Waals surface area contributed by atoms with Gasteiger partial charge in [0.1, 0.15) is 5.75 Å². The minimum Gasteiger partial charge on any atom is -0.481 e. The summed E-state index contributed by atoms with van der Waals surface area (Å²) in [4.78, 5) is 12.6. The Morgan fingerprint density at radius 2 is 1.83 bits per heavy atom. The molecule has 0 heterocycles. The van der Waals surface area contributed by atoms with Crippen molar-refractivity contribution in [2.45, 2.75) is 57.1 Å². The summed E-state index contributed by atoms with van der Waals surface area (Å²) in [6.45, 7) is 1.82. The molecule has 5 rings (SSSR count). The summed E-state index contributed by atoms with van der Waals surface area (Å²) >= 11 is 5.97. The number of hydrogen-bond acceptors (Lipinski definition) is 2. The first-order chi connectivity index (χ1) is 11.0. The van der Waals surface area contributed by atoms with Crippen LogP contribution in [0.1, 0.15) is 45.4 Å². The predicted octanol–water partition coefficient (Wildman–Crippen LogP) is 4.19. The van der Waals surface area contributed by atoms with Crippen LogP contribution in [0.4, 0.5) is 0 Å². The van der Waals surface area contributed by atoms with E-state index in [0.29, 0.717) is 10.8 Å². The summed E-state index contributed by atoms with van der Waals surface area (Å²) in [6.07, 6.45) is 7.12. The highest BCUT2D eigenvalue weighted by atomic mass is 35.5. The number of hydrogen-bond donors (Lipinski definition) is 1. The van der Waals surface area contributed by atoms with Crippen LogP contribution < -0.4 is 10.1 Å². The van der Waals surface area contributed by atoms with Gasteiger partial charge in [0.05, 0.1) is 0 Å². The molecule has 0 aliphatic heterocycles. The molecule has 23 heavy (non-hydrogen) atoms. The first-order valence-electron chi connectivity index (χ1n) is 8.76. The lowest BCUT2D eigenvalue weighted by Crippen LogP contribution is -2.61. The topological polar surface area (TPSA) is 38.3 Å². The van der Waals surface area contributed by atoms with E-state index >= 15 is 0 Å². The summed E-state index contributed by atoms with van der Waals surface area (Å²) in [5, 5.41) is 3.98. The molecule has 1 aromatic carbocycles. The third-order valence-electron chi connectivity index (χ3n) is 5.90. The van der Waals surface area contributed by atoms with Crippen molar-refractivity contribution >= 4 is 17.5 Å². The highest BCUT2D eigenvalue weighted by Crippen LogP contribution is 2.55. The van der Waals surface area contributed by atoms with Gasteiger partial charge in [0.2, 0.25) is 0 Å². The molecule has 0 spiro atoms. The van der Waals surface area contributed by atoms with E-state index < -0.39 is 6.10 Å². The van der Waals surface area contributed by atoms with E-state index in [9.17, 15) is 4.79 Å². The number of carbonyl (C=O) groups is 1. The van der Waals surface area contributed by atoms with Crippen LogP contribution in [0.2, 0.25) is 5.02 Å². The van der Waals surface area contributed by atoms with Crippen LogP contribution in [0, 0.1) is 17.8 Å². The second-order valence-corrected chi connectivity index (χ2v) is 8.34. The molecule has 3 nitrogen and oxygen atoms in total. The van der Waals surface area contributed by atoms with E-state index in [1.807, 2.05) is 19.1 Å². The predicted molar refractivity (Wildman–Crippen MR) is 90.6 cm³/mol. The van der Waals surface area contributed by atoms with Crippen molar-refractivity contribution in [3.05, 3.63) is 29.3 Å². The lowest BCUT2D eigenvalue weighted by atomic mass is 9.53. The van der Waals surface area contributed by atoms with E-state index in [-0.39, 0.29) is 11.4 Å². The molecule has 4 heteroatoms. The molecule has 1 aromatic rings. The summed E-state index contributed by atoms with van der Waals surface area (Å²) < 4.78 is 5.77. The van der Waals surface area contributed by atoms with Crippen LogP contribution >= 0.6 is 11.6 Å². The fraction of sp³-hybridized carbons (Fsp3) is 0.632. The fourth-order valence-electron chi connectivity index (χ4n) is 5.42. The second-order valence-electron chi connectivity index (χ2n) is 7.90. The van der Waals surface area contributed by atoms with Crippen LogP contribution in [-0.4, -0.2) is 17.6 Å². The third kappa shape index (κ3) is 3.08. The summed E-state index contributed by atoms with van der Waals surface area (Å²) in [6, 6.07) is 7.21. The van der Waals surface area contributed by atoms with Gasteiger partial charge in [0, 0.05) is 10.6 Å². The normalized spacial score (nSPS) is 35.8.